The van der Waals surface area contributed by atoms with Gasteiger partial charge in [-0.1, -0.05) is 23.7 Å². The Kier molecular flexibility index (Phi) is 4.45. The lowest BCUT2D eigenvalue weighted by atomic mass is 10.2. The summed E-state index contributed by atoms with van der Waals surface area (Å²) in [6.45, 7) is 0.772. The van der Waals surface area contributed by atoms with Crippen molar-refractivity contribution in [1.82, 2.24) is 5.32 Å². The first-order valence-corrected chi connectivity index (χ1v) is 6.02. The number of nitrogens with one attached hydrogen (secondary N) is 1. The molecule has 1 nitrogen and oxygen atoms in total. The van der Waals surface area contributed by atoms with Gasteiger partial charge >= 0.3 is 0 Å². The number of halogens is 4. The van der Waals surface area contributed by atoms with E-state index in [1.165, 1.54) is 0 Å². The van der Waals surface area contributed by atoms with E-state index in [1.54, 1.807) is 12.1 Å². The SMILES string of the molecule is Fc1cc(CNCc2ccc(Cl)cc2)cc(F)c1F. The molecule has 100 valence electrons. The molecule has 0 fully saturated rings. The third-order valence-corrected chi connectivity index (χ3v) is 2.87. The Bertz CT molecular complexity index is 546. The lowest BCUT2D eigenvalue weighted by molar-refractivity contribution is 0.444. The second kappa shape index (κ2) is 6.08. The Morgan fingerprint density at radius 2 is 1.37 bits per heavy atom. The molecule has 0 heterocycles. The van der Waals surface area contributed by atoms with E-state index in [2.05, 4.69) is 5.32 Å². The van der Waals surface area contributed by atoms with Crippen LogP contribution < -0.4 is 5.32 Å². The van der Waals surface area contributed by atoms with Gasteiger partial charge in [0.15, 0.2) is 17.5 Å². The smallest absolute Gasteiger partial charge is 0.194 e. The summed E-state index contributed by atoms with van der Waals surface area (Å²) < 4.78 is 38.7. The summed E-state index contributed by atoms with van der Waals surface area (Å²) in [4.78, 5) is 0. The molecule has 19 heavy (non-hydrogen) atoms. The fourth-order valence-corrected chi connectivity index (χ4v) is 1.79. The van der Waals surface area contributed by atoms with Gasteiger partial charge in [-0.25, -0.2) is 13.2 Å². The van der Waals surface area contributed by atoms with E-state index in [-0.39, 0.29) is 6.54 Å². The van der Waals surface area contributed by atoms with Gasteiger partial charge in [0.2, 0.25) is 0 Å². The molecule has 2 rings (SSSR count). The van der Waals surface area contributed by atoms with Gasteiger partial charge in [0.25, 0.3) is 0 Å². The molecule has 5 heteroatoms. The molecule has 0 saturated heterocycles. The Morgan fingerprint density at radius 1 is 0.842 bits per heavy atom. The minimum Gasteiger partial charge on any atom is -0.309 e. The molecule has 0 aliphatic rings. The molecule has 0 atom stereocenters. The number of benzene rings is 2. The molecule has 1 N–H and O–H groups in total. The van der Waals surface area contributed by atoms with Gasteiger partial charge in [-0.2, -0.15) is 0 Å². The molecule has 0 aromatic heterocycles. The van der Waals surface area contributed by atoms with E-state index in [0.717, 1.165) is 17.7 Å². The third-order valence-electron chi connectivity index (χ3n) is 2.62. The van der Waals surface area contributed by atoms with Crippen LogP contribution in [0.3, 0.4) is 0 Å². The molecule has 0 amide bonds. The average molecular weight is 286 g/mol. The Balaban J connectivity index is 1.94. The van der Waals surface area contributed by atoms with Crippen molar-refractivity contribution in [2.24, 2.45) is 0 Å². The maximum atomic E-state index is 13.0. The molecule has 0 aliphatic carbocycles. The molecule has 0 aliphatic heterocycles. The standard InChI is InChI=1S/C14H11ClF3N/c15-11-3-1-9(2-4-11)7-19-8-10-5-12(16)14(18)13(17)6-10/h1-6,19H,7-8H2. The lowest BCUT2D eigenvalue weighted by Gasteiger charge is -2.06. The summed E-state index contributed by atoms with van der Waals surface area (Å²) in [5, 5.41) is 3.66. The van der Waals surface area contributed by atoms with E-state index < -0.39 is 17.5 Å². The highest BCUT2D eigenvalue weighted by Gasteiger charge is 2.09. The summed E-state index contributed by atoms with van der Waals surface area (Å²) in [7, 11) is 0. The summed E-state index contributed by atoms with van der Waals surface area (Å²) in [6, 6.07) is 9.18. The van der Waals surface area contributed by atoms with Crippen LogP contribution in [0.1, 0.15) is 11.1 Å². The van der Waals surface area contributed by atoms with E-state index in [1.807, 2.05) is 12.1 Å². The van der Waals surface area contributed by atoms with Gasteiger partial charge in [0, 0.05) is 18.1 Å². The zero-order valence-electron chi connectivity index (χ0n) is 9.89. The largest absolute Gasteiger partial charge is 0.309 e. The Morgan fingerprint density at radius 3 is 1.95 bits per heavy atom. The van der Waals surface area contributed by atoms with E-state index in [0.29, 0.717) is 17.1 Å². The van der Waals surface area contributed by atoms with Gasteiger partial charge in [-0.15, -0.1) is 0 Å². The topological polar surface area (TPSA) is 12.0 Å². The predicted octanol–water partition coefficient (Wildman–Crippen LogP) is 4.05. The molecule has 2 aromatic carbocycles. The van der Waals surface area contributed by atoms with Gasteiger partial charge < -0.3 is 5.32 Å². The lowest BCUT2D eigenvalue weighted by Crippen LogP contribution is -2.13. The summed E-state index contributed by atoms with van der Waals surface area (Å²) in [5.74, 6) is -3.80. The Labute approximate surface area is 114 Å². The zero-order valence-corrected chi connectivity index (χ0v) is 10.6. The van der Waals surface area contributed by atoms with Crippen LogP contribution in [0.2, 0.25) is 5.02 Å². The van der Waals surface area contributed by atoms with Crippen LogP contribution in [0, 0.1) is 17.5 Å². The number of rotatable bonds is 4. The van der Waals surface area contributed by atoms with Crippen molar-refractivity contribution < 1.29 is 13.2 Å². The third kappa shape index (κ3) is 3.72. The average Bonchev–Trinajstić information content (AvgIpc) is 2.38. The molecule has 0 spiro atoms. The Hall–Kier alpha value is -1.52. The second-order valence-electron chi connectivity index (χ2n) is 4.10. The van der Waals surface area contributed by atoms with Crippen molar-refractivity contribution in [3.8, 4) is 0 Å². The quantitative estimate of drug-likeness (QED) is 0.836. The van der Waals surface area contributed by atoms with Gasteiger partial charge in [-0.3, -0.25) is 0 Å². The normalized spacial score (nSPS) is 10.7. The minimum absolute atomic E-state index is 0.247. The van der Waals surface area contributed by atoms with Crippen molar-refractivity contribution in [2.75, 3.05) is 0 Å². The monoisotopic (exact) mass is 285 g/mol. The first kappa shape index (κ1) is 13.9. The summed E-state index contributed by atoms with van der Waals surface area (Å²) >= 11 is 5.75. The van der Waals surface area contributed by atoms with Crippen molar-refractivity contribution >= 4 is 11.6 Å². The van der Waals surface area contributed by atoms with Crippen LogP contribution >= 0.6 is 11.6 Å². The molecule has 0 unspecified atom stereocenters. The maximum Gasteiger partial charge on any atom is 0.194 e. The molecule has 2 aromatic rings. The van der Waals surface area contributed by atoms with Crippen molar-refractivity contribution in [3.05, 3.63) is 70.0 Å². The second-order valence-corrected chi connectivity index (χ2v) is 4.54. The fourth-order valence-electron chi connectivity index (χ4n) is 1.66. The first-order chi connectivity index (χ1) is 9.06. The van der Waals surface area contributed by atoms with Gasteiger partial charge in [-0.05, 0) is 35.4 Å². The highest BCUT2D eigenvalue weighted by Crippen LogP contribution is 2.14. The van der Waals surface area contributed by atoms with Gasteiger partial charge in [0.1, 0.15) is 0 Å². The van der Waals surface area contributed by atoms with Crippen LogP contribution in [0.5, 0.6) is 0 Å². The first-order valence-electron chi connectivity index (χ1n) is 5.65. The molecule has 0 saturated carbocycles. The van der Waals surface area contributed by atoms with Crippen LogP contribution in [-0.4, -0.2) is 0 Å². The van der Waals surface area contributed by atoms with Crippen LogP contribution in [0.15, 0.2) is 36.4 Å². The van der Waals surface area contributed by atoms with Crippen LogP contribution in [0.25, 0.3) is 0 Å². The predicted molar refractivity (Wildman–Crippen MR) is 68.3 cm³/mol. The molecule has 0 radical (unpaired) electrons. The highest BCUT2D eigenvalue weighted by molar-refractivity contribution is 6.30. The van der Waals surface area contributed by atoms with E-state index in [4.69, 9.17) is 11.6 Å². The number of hydrogen-bond donors (Lipinski definition) is 1. The summed E-state index contributed by atoms with van der Waals surface area (Å²) in [6.07, 6.45) is 0. The molecule has 0 bridgehead atoms. The van der Waals surface area contributed by atoms with Crippen LogP contribution in [-0.2, 0) is 13.1 Å². The molecular formula is C14H11ClF3N. The highest BCUT2D eigenvalue weighted by atomic mass is 35.5. The van der Waals surface area contributed by atoms with Crippen molar-refractivity contribution in [1.29, 1.82) is 0 Å². The maximum absolute atomic E-state index is 13.0. The van der Waals surface area contributed by atoms with E-state index in [9.17, 15) is 13.2 Å². The minimum atomic E-state index is -1.44. The van der Waals surface area contributed by atoms with Crippen LogP contribution in [0.4, 0.5) is 13.2 Å². The molecular weight excluding hydrogens is 275 g/mol. The summed E-state index contributed by atoms with van der Waals surface area (Å²) in [5.41, 5.74) is 1.35. The van der Waals surface area contributed by atoms with Gasteiger partial charge in [0.05, 0.1) is 0 Å². The fraction of sp³-hybridized carbons (Fsp3) is 0.143. The van der Waals surface area contributed by atoms with Crippen molar-refractivity contribution in [3.63, 3.8) is 0 Å². The zero-order chi connectivity index (χ0) is 13.8. The number of hydrogen-bond acceptors (Lipinski definition) is 1. The van der Waals surface area contributed by atoms with E-state index >= 15 is 0 Å². The van der Waals surface area contributed by atoms with Crippen molar-refractivity contribution in [2.45, 2.75) is 13.1 Å².